The number of β-lactam (4-membered cyclic amide) rings is 1. The highest BCUT2D eigenvalue weighted by Gasteiger charge is 2.53. The molecule has 3 aliphatic rings. The first kappa shape index (κ1) is 23.3. The number of thioether (sulfide) groups is 1. The molecule has 5 rings (SSSR count). The molecule has 3 N–H and O–H groups in total. The van der Waals surface area contributed by atoms with Crippen molar-refractivity contribution in [3.63, 3.8) is 0 Å². The standard InChI is InChI=1S/C20H22N8O5S2/c1-9-24-27-5-3-4-12(27)26(9)6-10-7-34-18-14(17(30)28(18)15(10)19(31)32)23-16(29)13(25-33-2)11-8-35-20(21)22-11/h8,14,18H,3-7H2,1-2H3,(H3-,21,22,23,29,31,32)/b25-13-/t14-,18-/m1/s1. The second kappa shape index (κ2) is 8.96. The number of carbonyl (C=O) groups is 3. The van der Waals surface area contributed by atoms with Crippen molar-refractivity contribution >= 4 is 51.7 Å². The molecule has 5 heterocycles. The van der Waals surface area contributed by atoms with Gasteiger partial charge in [0.05, 0.1) is 18.2 Å². The molecule has 3 aliphatic heterocycles. The van der Waals surface area contributed by atoms with E-state index in [1.165, 1.54) is 23.8 Å². The third kappa shape index (κ3) is 3.93. The molecule has 0 saturated carbocycles. The Labute approximate surface area is 207 Å². The molecule has 0 unspecified atom stereocenters. The van der Waals surface area contributed by atoms with E-state index in [2.05, 4.69) is 20.6 Å². The van der Waals surface area contributed by atoms with Crippen LogP contribution in [-0.2, 0) is 38.7 Å². The number of amides is 2. The van der Waals surface area contributed by atoms with Crippen molar-refractivity contribution in [3.05, 3.63) is 34.0 Å². The first-order chi connectivity index (χ1) is 16.8. The lowest BCUT2D eigenvalue weighted by atomic mass is 10.0. The number of aromatic nitrogens is 4. The Hall–Kier alpha value is -3.46. The van der Waals surface area contributed by atoms with E-state index in [-0.39, 0.29) is 22.2 Å². The van der Waals surface area contributed by atoms with Crippen molar-refractivity contribution in [2.45, 2.75) is 44.3 Å². The first-order valence-electron chi connectivity index (χ1n) is 10.8. The van der Waals surface area contributed by atoms with Crippen molar-refractivity contribution < 1.29 is 28.9 Å². The molecule has 35 heavy (non-hydrogen) atoms. The fourth-order valence-corrected chi connectivity index (χ4v) is 6.42. The number of anilines is 1. The number of hydrogen-bond donors (Lipinski definition) is 2. The lowest BCUT2D eigenvalue weighted by Crippen LogP contribution is -2.71. The molecule has 0 radical (unpaired) electrons. The second-order valence-corrected chi connectivity index (χ2v) is 10.2. The number of aliphatic carboxylic acids is 1. The average molecular weight is 519 g/mol. The van der Waals surface area contributed by atoms with Gasteiger partial charge in [0.2, 0.25) is 5.82 Å². The smallest absolute Gasteiger partial charge is 0.276 e. The Kier molecular flexibility index (Phi) is 5.96. The average Bonchev–Trinajstić information content (AvgIpc) is 3.53. The molecule has 1 fully saturated rings. The lowest BCUT2D eigenvalue weighted by Gasteiger charge is -2.50. The van der Waals surface area contributed by atoms with Crippen molar-refractivity contribution in [2.24, 2.45) is 5.16 Å². The second-order valence-electron chi connectivity index (χ2n) is 8.17. The summed E-state index contributed by atoms with van der Waals surface area (Å²) in [7, 11) is 1.28. The summed E-state index contributed by atoms with van der Waals surface area (Å²) in [6.07, 6.45) is 1.84. The summed E-state index contributed by atoms with van der Waals surface area (Å²) in [5.41, 5.74) is 6.15. The molecule has 2 amide bonds. The van der Waals surface area contributed by atoms with E-state index in [0.29, 0.717) is 17.9 Å². The van der Waals surface area contributed by atoms with Gasteiger partial charge in [0, 0.05) is 29.6 Å². The number of nitrogens with zero attached hydrogens (tertiary/aromatic N) is 6. The topological polar surface area (TPSA) is 172 Å². The maximum atomic E-state index is 13.0. The van der Waals surface area contributed by atoms with Crippen LogP contribution in [0.3, 0.4) is 0 Å². The fraction of sp³-hybridized carbons (Fsp3) is 0.450. The number of thiazole rings is 1. The third-order valence-electron chi connectivity index (χ3n) is 6.07. The van der Waals surface area contributed by atoms with Gasteiger partial charge in [-0.1, -0.05) is 5.16 Å². The quantitative estimate of drug-likeness (QED) is 0.181. The van der Waals surface area contributed by atoms with Crippen LogP contribution in [0.15, 0.2) is 21.8 Å². The van der Waals surface area contributed by atoms with Crippen LogP contribution in [-0.4, -0.2) is 67.4 Å². The SMILES string of the molecule is CO/N=C(\C(=O)N[C@@H]1C(=O)N2C(C(=O)[O-])=C(C[n+]3c(C)nn4c3CCC4)CS[C@H]12)c1csc(N)n1. The Morgan fingerprint density at radius 1 is 1.46 bits per heavy atom. The van der Waals surface area contributed by atoms with Crippen LogP contribution in [0, 0.1) is 6.92 Å². The minimum absolute atomic E-state index is 0.134. The monoisotopic (exact) mass is 518 g/mol. The number of nitrogens with two attached hydrogens (primary N) is 1. The Morgan fingerprint density at radius 3 is 2.94 bits per heavy atom. The maximum absolute atomic E-state index is 13.0. The first-order valence-corrected chi connectivity index (χ1v) is 12.7. The van der Waals surface area contributed by atoms with Crippen LogP contribution in [0.1, 0.15) is 23.8 Å². The fourth-order valence-electron chi connectivity index (χ4n) is 4.53. The van der Waals surface area contributed by atoms with E-state index >= 15 is 0 Å². The highest BCUT2D eigenvalue weighted by molar-refractivity contribution is 8.00. The summed E-state index contributed by atoms with van der Waals surface area (Å²) < 4.78 is 3.92. The van der Waals surface area contributed by atoms with Gasteiger partial charge in [-0.2, -0.15) is 0 Å². The lowest BCUT2D eigenvalue weighted by molar-refractivity contribution is -0.702. The number of carbonyl (C=O) groups excluding carboxylic acids is 3. The molecular weight excluding hydrogens is 496 g/mol. The van der Waals surface area contributed by atoms with E-state index in [1.54, 1.807) is 5.38 Å². The molecule has 2 aromatic heterocycles. The van der Waals surface area contributed by atoms with E-state index < -0.39 is 29.2 Å². The van der Waals surface area contributed by atoms with Gasteiger partial charge >= 0.3 is 0 Å². The number of aryl methyl sites for hydroxylation is 2. The third-order valence-corrected chi connectivity index (χ3v) is 8.09. The number of oxime groups is 1. The van der Waals surface area contributed by atoms with Crippen molar-refractivity contribution in [1.29, 1.82) is 0 Å². The summed E-state index contributed by atoms with van der Waals surface area (Å²) in [4.78, 5) is 48.0. The predicted molar refractivity (Wildman–Crippen MR) is 123 cm³/mol. The molecule has 184 valence electrons. The molecule has 13 nitrogen and oxygen atoms in total. The number of rotatable bonds is 7. The maximum Gasteiger partial charge on any atom is 0.276 e. The van der Waals surface area contributed by atoms with Crippen LogP contribution in [0.5, 0.6) is 0 Å². The van der Waals surface area contributed by atoms with Crippen LogP contribution >= 0.6 is 23.1 Å². The number of nitrogens with one attached hydrogen (secondary N) is 1. The van der Waals surface area contributed by atoms with E-state index in [0.717, 1.165) is 42.4 Å². The van der Waals surface area contributed by atoms with Gasteiger partial charge < -0.3 is 25.8 Å². The van der Waals surface area contributed by atoms with Gasteiger partial charge in [0.25, 0.3) is 17.6 Å². The summed E-state index contributed by atoms with van der Waals surface area (Å²) in [5, 5.41) is 24.2. The number of nitrogen functional groups attached to an aromatic ring is 1. The molecule has 0 bridgehead atoms. The molecule has 2 aromatic rings. The summed E-state index contributed by atoms with van der Waals surface area (Å²) in [6, 6.07) is -0.934. The Balaban J connectivity index is 1.37. The Morgan fingerprint density at radius 2 is 2.26 bits per heavy atom. The minimum atomic E-state index is -1.43. The molecule has 1 saturated heterocycles. The van der Waals surface area contributed by atoms with E-state index in [4.69, 9.17) is 10.6 Å². The van der Waals surface area contributed by atoms with E-state index in [1.807, 2.05) is 16.2 Å². The zero-order chi connectivity index (χ0) is 24.9. The van der Waals surface area contributed by atoms with Gasteiger partial charge in [0.1, 0.15) is 30.8 Å². The van der Waals surface area contributed by atoms with Gasteiger partial charge in [-0.3, -0.25) is 14.5 Å². The van der Waals surface area contributed by atoms with Crippen LogP contribution in [0.4, 0.5) is 5.13 Å². The zero-order valence-electron chi connectivity index (χ0n) is 18.9. The van der Waals surface area contributed by atoms with Crippen LogP contribution in [0.25, 0.3) is 0 Å². The normalized spacial score (nSPS) is 21.5. The Bertz CT molecular complexity index is 1300. The van der Waals surface area contributed by atoms with Crippen molar-refractivity contribution in [2.75, 3.05) is 18.6 Å². The zero-order valence-corrected chi connectivity index (χ0v) is 20.5. The van der Waals surface area contributed by atoms with Gasteiger partial charge in [-0.25, -0.2) is 9.55 Å². The minimum Gasteiger partial charge on any atom is -0.543 e. The van der Waals surface area contributed by atoms with Gasteiger partial charge in [0.15, 0.2) is 10.8 Å². The van der Waals surface area contributed by atoms with Gasteiger partial charge in [-0.05, 0) is 12.0 Å². The number of carboxylic acids is 1. The molecule has 2 atom stereocenters. The summed E-state index contributed by atoms with van der Waals surface area (Å²) >= 11 is 2.51. The predicted octanol–water partition coefficient (Wildman–Crippen LogP) is -2.08. The number of fused-ring (bicyclic) bond motifs is 2. The number of hydrogen-bond acceptors (Lipinski definition) is 11. The molecule has 0 spiro atoms. The molecule has 0 aliphatic carbocycles. The molecular formula is C20H22N8O5S2. The molecule has 0 aromatic carbocycles. The highest BCUT2D eigenvalue weighted by Crippen LogP contribution is 2.40. The van der Waals surface area contributed by atoms with Crippen LogP contribution in [0.2, 0.25) is 0 Å². The number of carboxylic acid groups (broad SMARTS) is 1. The largest absolute Gasteiger partial charge is 0.543 e. The summed E-state index contributed by atoms with van der Waals surface area (Å²) in [6.45, 7) is 3.01. The van der Waals surface area contributed by atoms with E-state index in [9.17, 15) is 19.5 Å². The van der Waals surface area contributed by atoms with Gasteiger partial charge in [-0.15, -0.1) is 27.8 Å². The van der Waals surface area contributed by atoms with Crippen molar-refractivity contribution in [1.82, 2.24) is 25.0 Å². The van der Waals surface area contributed by atoms with Crippen LogP contribution < -0.4 is 20.7 Å². The summed E-state index contributed by atoms with van der Waals surface area (Å²) in [5.74, 6) is -0.462. The highest BCUT2D eigenvalue weighted by atomic mass is 32.2. The van der Waals surface area contributed by atoms with Crippen molar-refractivity contribution in [3.8, 4) is 0 Å². The molecule has 15 heteroatoms.